The first-order valence-electron chi connectivity index (χ1n) is 7.55. The van der Waals surface area contributed by atoms with Gasteiger partial charge in [-0.2, -0.15) is 0 Å². The van der Waals surface area contributed by atoms with E-state index in [2.05, 4.69) is 10.6 Å². The molecule has 0 spiro atoms. The Morgan fingerprint density at radius 3 is 1.38 bits per heavy atom. The molecule has 2 atom stereocenters. The van der Waals surface area contributed by atoms with E-state index >= 15 is 0 Å². The summed E-state index contributed by atoms with van der Waals surface area (Å²) in [4.78, 5) is 23.0. The van der Waals surface area contributed by atoms with Crippen LogP contribution in [0.25, 0.3) is 0 Å². The van der Waals surface area contributed by atoms with Crippen molar-refractivity contribution < 1.29 is 19.1 Å². The Hall–Kier alpha value is -0.630. The summed E-state index contributed by atoms with van der Waals surface area (Å²) in [6.07, 6.45) is -1.03. The fourth-order valence-electron chi connectivity index (χ4n) is 1.21. The van der Waals surface area contributed by atoms with Gasteiger partial charge in [0.05, 0.1) is 15.7 Å². The molecule has 0 rings (SSSR count). The molecule has 134 valence electrons. The van der Waals surface area contributed by atoms with Gasteiger partial charge in [-0.15, -0.1) is 0 Å². The summed E-state index contributed by atoms with van der Waals surface area (Å²) in [5.41, 5.74) is -1.10. The molecule has 2 unspecified atom stereocenters. The molecule has 10 heteroatoms. The minimum Gasteiger partial charge on any atom is -0.444 e. The maximum Gasteiger partial charge on any atom is 0.407 e. The van der Waals surface area contributed by atoms with E-state index in [0.717, 1.165) is 0 Å². The Bertz CT molecular complexity index is 377. The molecule has 4 radical (unpaired) electrons. The highest BCUT2D eigenvalue weighted by Gasteiger charge is 2.18. The van der Waals surface area contributed by atoms with Gasteiger partial charge in [-0.05, 0) is 51.8 Å². The van der Waals surface area contributed by atoms with Crippen LogP contribution in [0, 0.1) is 0 Å². The largest absolute Gasteiger partial charge is 0.444 e. The number of carbonyl (C=O) groups is 2. The lowest BCUT2D eigenvalue weighted by Gasteiger charge is -2.22. The van der Waals surface area contributed by atoms with E-state index < -0.39 is 23.4 Å². The summed E-state index contributed by atoms with van der Waals surface area (Å²) in [6.45, 7) is 11.2. The number of carbonyl (C=O) groups excluding carboxylic acids is 2. The molecule has 0 aromatic rings. The monoisotopic (exact) mass is 372 g/mol. The van der Waals surface area contributed by atoms with Gasteiger partial charge in [0.2, 0.25) is 0 Å². The topological polar surface area (TPSA) is 76.7 Å². The van der Waals surface area contributed by atoms with Crippen molar-refractivity contribution in [3.05, 3.63) is 0 Å². The third kappa shape index (κ3) is 14.9. The molecule has 0 saturated heterocycles. The lowest BCUT2D eigenvalue weighted by atomic mass is 10.1. The molecule has 2 amide bonds. The second-order valence-electron chi connectivity index (χ2n) is 7.03. The molecular weight excluding hydrogens is 346 g/mol. The standard InChI is InChI=1S/C14H26B2N2O4S2/c1-13(2,3)21-11(19)17-7-9(15)23-24-10(16)8-18-12(20)22-14(4,5)6/h9-10H,7-8H2,1-6H3,(H,17,19)(H,18,20). The van der Waals surface area contributed by atoms with Crippen molar-refractivity contribution >= 4 is 49.5 Å². The summed E-state index contributed by atoms with van der Waals surface area (Å²) in [6, 6.07) is 0. The molecule has 0 aliphatic carbocycles. The minimum atomic E-state index is -0.550. The molecule has 0 saturated carbocycles. The van der Waals surface area contributed by atoms with E-state index in [-0.39, 0.29) is 23.4 Å². The molecule has 0 aromatic heterocycles. The summed E-state index contributed by atoms with van der Waals surface area (Å²) >= 11 is 0. The molecular formula is C14H26B2N2O4S2. The molecule has 0 aromatic carbocycles. The number of hydrogen-bond acceptors (Lipinski definition) is 6. The van der Waals surface area contributed by atoms with E-state index in [4.69, 9.17) is 25.2 Å². The van der Waals surface area contributed by atoms with Crippen molar-refractivity contribution in [1.29, 1.82) is 0 Å². The molecule has 0 fully saturated rings. The Balaban J connectivity index is 3.88. The molecule has 0 aliphatic heterocycles. The minimum absolute atomic E-state index is 0.249. The Morgan fingerprint density at radius 1 is 0.833 bits per heavy atom. The van der Waals surface area contributed by atoms with Crippen LogP contribution in [-0.2, 0) is 9.47 Å². The predicted molar refractivity (Wildman–Crippen MR) is 103 cm³/mol. The van der Waals surface area contributed by atoms with Gasteiger partial charge in [-0.25, -0.2) is 9.59 Å². The maximum atomic E-state index is 11.5. The summed E-state index contributed by atoms with van der Waals surface area (Å²) in [5.74, 6) is 0. The number of rotatable bonds is 7. The average molecular weight is 372 g/mol. The normalized spacial score (nSPS) is 14.4. The molecule has 0 bridgehead atoms. The van der Waals surface area contributed by atoms with Gasteiger partial charge in [0.15, 0.2) is 0 Å². The Kier molecular flexibility index (Phi) is 10.1. The van der Waals surface area contributed by atoms with Gasteiger partial charge in [-0.1, -0.05) is 21.6 Å². The van der Waals surface area contributed by atoms with E-state index in [1.807, 2.05) is 0 Å². The number of ether oxygens (including phenoxy) is 2. The first-order valence-corrected chi connectivity index (χ1v) is 9.83. The Labute approximate surface area is 155 Å². The molecule has 2 N–H and O–H groups in total. The van der Waals surface area contributed by atoms with Crippen molar-refractivity contribution in [3.8, 4) is 0 Å². The van der Waals surface area contributed by atoms with Gasteiger partial charge in [0.1, 0.15) is 11.2 Å². The third-order valence-corrected chi connectivity index (χ3v) is 4.75. The van der Waals surface area contributed by atoms with Crippen molar-refractivity contribution in [2.75, 3.05) is 13.1 Å². The summed E-state index contributed by atoms with van der Waals surface area (Å²) in [7, 11) is 14.4. The van der Waals surface area contributed by atoms with E-state index in [9.17, 15) is 9.59 Å². The maximum absolute atomic E-state index is 11.5. The van der Waals surface area contributed by atoms with Crippen LogP contribution in [0.1, 0.15) is 41.5 Å². The lowest BCUT2D eigenvalue weighted by molar-refractivity contribution is 0.0518. The van der Waals surface area contributed by atoms with Gasteiger partial charge in [-0.3, -0.25) is 0 Å². The number of amides is 2. The predicted octanol–water partition coefficient (Wildman–Crippen LogP) is 2.41. The van der Waals surface area contributed by atoms with Crippen molar-refractivity contribution in [2.45, 2.75) is 63.0 Å². The summed E-state index contributed by atoms with van der Waals surface area (Å²) < 4.78 is 10.2. The number of nitrogens with one attached hydrogen (secondary N) is 2. The van der Waals surface area contributed by atoms with Crippen molar-refractivity contribution in [3.63, 3.8) is 0 Å². The van der Waals surface area contributed by atoms with Crippen LogP contribution in [0.4, 0.5) is 9.59 Å². The van der Waals surface area contributed by atoms with Crippen molar-refractivity contribution in [1.82, 2.24) is 10.6 Å². The third-order valence-electron chi connectivity index (χ3n) is 2.00. The quantitative estimate of drug-likeness (QED) is 0.528. The van der Waals surface area contributed by atoms with Crippen LogP contribution >= 0.6 is 21.6 Å². The van der Waals surface area contributed by atoms with E-state index in [1.165, 1.54) is 21.6 Å². The molecule has 6 nitrogen and oxygen atoms in total. The summed E-state index contributed by atoms with van der Waals surface area (Å²) in [5, 5.41) is 4.47. The number of alkyl carbamates (subject to hydrolysis) is 2. The van der Waals surface area contributed by atoms with Crippen LogP contribution in [-0.4, -0.2) is 62.5 Å². The van der Waals surface area contributed by atoms with Crippen LogP contribution < -0.4 is 10.6 Å². The van der Waals surface area contributed by atoms with Gasteiger partial charge in [0.25, 0.3) is 0 Å². The van der Waals surface area contributed by atoms with Crippen LogP contribution in [0.5, 0.6) is 0 Å². The highest BCUT2D eigenvalue weighted by molar-refractivity contribution is 8.77. The SMILES string of the molecule is [B]C(CNC(=O)OC(C)(C)C)SSC([B])CNC(=O)OC(C)(C)C. The first kappa shape index (κ1) is 23.4. The van der Waals surface area contributed by atoms with Gasteiger partial charge in [0, 0.05) is 13.1 Å². The fourth-order valence-corrected chi connectivity index (χ4v) is 3.06. The molecule has 24 heavy (non-hydrogen) atoms. The highest BCUT2D eigenvalue weighted by Crippen LogP contribution is 2.28. The van der Waals surface area contributed by atoms with Gasteiger partial charge < -0.3 is 20.1 Å². The zero-order chi connectivity index (χ0) is 19.0. The second kappa shape index (κ2) is 10.4. The van der Waals surface area contributed by atoms with E-state index in [1.54, 1.807) is 41.5 Å². The second-order valence-corrected chi connectivity index (χ2v) is 9.79. The average Bonchev–Trinajstić information content (AvgIpc) is 2.36. The van der Waals surface area contributed by atoms with Crippen LogP contribution in [0.3, 0.4) is 0 Å². The lowest BCUT2D eigenvalue weighted by Crippen LogP contribution is -2.37. The van der Waals surface area contributed by atoms with Crippen LogP contribution in [0.15, 0.2) is 0 Å². The zero-order valence-corrected chi connectivity index (χ0v) is 16.8. The highest BCUT2D eigenvalue weighted by atomic mass is 33.1. The fraction of sp³-hybridized carbons (Fsp3) is 0.857. The van der Waals surface area contributed by atoms with Crippen molar-refractivity contribution in [2.24, 2.45) is 0 Å². The Morgan fingerprint density at radius 2 is 1.12 bits per heavy atom. The number of hydrogen-bond donors (Lipinski definition) is 2. The van der Waals surface area contributed by atoms with E-state index in [0.29, 0.717) is 0 Å². The molecule has 0 aliphatic rings. The van der Waals surface area contributed by atoms with Crippen LogP contribution in [0.2, 0.25) is 0 Å². The smallest absolute Gasteiger partial charge is 0.407 e. The zero-order valence-electron chi connectivity index (χ0n) is 15.2. The van der Waals surface area contributed by atoms with Gasteiger partial charge >= 0.3 is 12.2 Å². The first-order chi connectivity index (χ1) is 10.8. The molecule has 0 heterocycles.